The lowest BCUT2D eigenvalue weighted by molar-refractivity contribution is -0.112. The van der Waals surface area contributed by atoms with Crippen molar-refractivity contribution in [3.8, 4) is 0 Å². The largest absolute Gasteiger partial charge is 0.364 e. The van der Waals surface area contributed by atoms with E-state index in [0.717, 1.165) is 17.5 Å². The highest BCUT2D eigenvalue weighted by molar-refractivity contribution is 6.43. The fourth-order valence-corrected chi connectivity index (χ4v) is 1.54. The van der Waals surface area contributed by atoms with E-state index in [1.54, 1.807) is 6.07 Å². The quantitative estimate of drug-likeness (QED) is 0.695. The Balaban J connectivity index is 3.27. The van der Waals surface area contributed by atoms with E-state index in [4.69, 9.17) is 11.1 Å². The van der Waals surface area contributed by atoms with E-state index in [1.807, 2.05) is 26.0 Å². The van der Waals surface area contributed by atoms with Gasteiger partial charge in [0, 0.05) is 5.56 Å². The number of rotatable bonds is 3. The first-order chi connectivity index (χ1) is 6.57. The molecule has 0 saturated heterocycles. The third-order valence-corrected chi connectivity index (χ3v) is 2.28. The molecule has 0 aliphatic carbocycles. The van der Waals surface area contributed by atoms with Crippen molar-refractivity contribution in [1.29, 1.82) is 5.41 Å². The maximum Gasteiger partial charge on any atom is 0.267 e. The fourth-order valence-electron chi connectivity index (χ4n) is 1.54. The Morgan fingerprint density at radius 1 is 1.50 bits per heavy atom. The van der Waals surface area contributed by atoms with E-state index >= 15 is 0 Å². The number of hydrogen-bond acceptors (Lipinski definition) is 2. The van der Waals surface area contributed by atoms with Crippen LogP contribution >= 0.6 is 0 Å². The molecule has 0 unspecified atom stereocenters. The topological polar surface area (TPSA) is 66.9 Å². The van der Waals surface area contributed by atoms with E-state index < -0.39 is 5.91 Å². The molecule has 0 radical (unpaired) electrons. The summed E-state index contributed by atoms with van der Waals surface area (Å²) in [5.41, 5.74) is 7.74. The minimum atomic E-state index is -0.676. The maximum atomic E-state index is 10.9. The number of carbonyl (C=O) groups excluding carboxylic acids is 1. The van der Waals surface area contributed by atoms with Crippen LogP contribution in [-0.2, 0) is 11.2 Å². The summed E-state index contributed by atoms with van der Waals surface area (Å²) in [6.45, 7) is 3.97. The number of primary amides is 1. The lowest BCUT2D eigenvalue weighted by Gasteiger charge is -2.09. The molecule has 0 aliphatic heterocycles. The van der Waals surface area contributed by atoms with Gasteiger partial charge in [-0.1, -0.05) is 25.1 Å². The van der Waals surface area contributed by atoms with Crippen LogP contribution in [0.5, 0.6) is 0 Å². The molecule has 0 spiro atoms. The van der Waals surface area contributed by atoms with Crippen molar-refractivity contribution in [2.45, 2.75) is 20.3 Å². The van der Waals surface area contributed by atoms with Gasteiger partial charge in [-0.2, -0.15) is 0 Å². The molecule has 74 valence electrons. The smallest absolute Gasteiger partial charge is 0.267 e. The number of benzene rings is 1. The molecule has 0 atom stereocenters. The van der Waals surface area contributed by atoms with Crippen LogP contribution < -0.4 is 5.73 Å². The minimum absolute atomic E-state index is 0.106. The average molecular weight is 190 g/mol. The lowest BCUT2D eigenvalue weighted by Crippen LogP contribution is -2.24. The number of nitrogens with two attached hydrogens (primary N) is 1. The van der Waals surface area contributed by atoms with Crippen LogP contribution in [0, 0.1) is 12.3 Å². The summed E-state index contributed by atoms with van der Waals surface area (Å²) in [4.78, 5) is 10.9. The first kappa shape index (κ1) is 10.4. The normalized spacial score (nSPS) is 9.86. The summed E-state index contributed by atoms with van der Waals surface area (Å²) >= 11 is 0. The summed E-state index contributed by atoms with van der Waals surface area (Å²) in [6, 6.07) is 5.57. The van der Waals surface area contributed by atoms with E-state index in [2.05, 4.69) is 0 Å². The highest BCUT2D eigenvalue weighted by atomic mass is 16.1. The Bertz CT molecular complexity index is 383. The molecule has 0 heterocycles. The van der Waals surface area contributed by atoms with Gasteiger partial charge in [0.15, 0.2) is 0 Å². The van der Waals surface area contributed by atoms with Crippen molar-refractivity contribution < 1.29 is 4.79 Å². The molecule has 0 aliphatic rings. The van der Waals surface area contributed by atoms with Crippen LogP contribution in [0.25, 0.3) is 0 Å². The lowest BCUT2D eigenvalue weighted by atomic mass is 9.96. The SMILES string of the molecule is CCc1c(C)cccc1C(=N)C(N)=O. The molecule has 0 saturated carbocycles. The van der Waals surface area contributed by atoms with Gasteiger partial charge in [0.25, 0.3) is 5.91 Å². The number of carbonyl (C=O) groups is 1. The van der Waals surface area contributed by atoms with Gasteiger partial charge in [-0.25, -0.2) is 0 Å². The van der Waals surface area contributed by atoms with Crippen LogP contribution in [0.15, 0.2) is 18.2 Å². The molecular formula is C11H14N2O. The van der Waals surface area contributed by atoms with Crippen molar-refractivity contribution in [1.82, 2.24) is 0 Å². The van der Waals surface area contributed by atoms with E-state index in [-0.39, 0.29) is 5.71 Å². The highest BCUT2D eigenvalue weighted by Gasteiger charge is 2.12. The predicted octanol–water partition coefficient (Wildman–Crippen LogP) is 1.41. The van der Waals surface area contributed by atoms with E-state index in [0.29, 0.717) is 5.56 Å². The minimum Gasteiger partial charge on any atom is -0.364 e. The molecule has 1 rings (SSSR count). The van der Waals surface area contributed by atoms with Gasteiger partial charge in [-0.15, -0.1) is 0 Å². The molecule has 0 fully saturated rings. The van der Waals surface area contributed by atoms with Crippen LogP contribution in [0.1, 0.15) is 23.6 Å². The van der Waals surface area contributed by atoms with Crippen LogP contribution in [0.3, 0.4) is 0 Å². The van der Waals surface area contributed by atoms with Crippen LogP contribution in [0.2, 0.25) is 0 Å². The summed E-state index contributed by atoms with van der Waals surface area (Å²) in [6.07, 6.45) is 0.803. The number of nitrogens with one attached hydrogen (secondary N) is 1. The molecule has 3 nitrogen and oxygen atoms in total. The molecule has 1 aromatic rings. The van der Waals surface area contributed by atoms with Gasteiger partial charge in [-0.05, 0) is 24.5 Å². The molecule has 0 aromatic heterocycles. The molecule has 0 bridgehead atoms. The van der Waals surface area contributed by atoms with Gasteiger partial charge >= 0.3 is 0 Å². The van der Waals surface area contributed by atoms with Crippen molar-refractivity contribution in [2.75, 3.05) is 0 Å². The predicted molar refractivity (Wildman–Crippen MR) is 56.6 cm³/mol. The second-order valence-corrected chi connectivity index (χ2v) is 3.19. The Kier molecular flexibility index (Phi) is 3.02. The van der Waals surface area contributed by atoms with Crippen molar-refractivity contribution >= 4 is 11.6 Å². The van der Waals surface area contributed by atoms with Gasteiger partial charge in [0.2, 0.25) is 0 Å². The van der Waals surface area contributed by atoms with Gasteiger partial charge in [0.1, 0.15) is 5.71 Å². The van der Waals surface area contributed by atoms with Gasteiger partial charge < -0.3 is 5.73 Å². The van der Waals surface area contributed by atoms with Crippen molar-refractivity contribution in [2.24, 2.45) is 5.73 Å². The van der Waals surface area contributed by atoms with Crippen LogP contribution in [0.4, 0.5) is 0 Å². The number of aryl methyl sites for hydroxylation is 1. The van der Waals surface area contributed by atoms with Gasteiger partial charge in [-0.3, -0.25) is 10.2 Å². The number of amides is 1. The van der Waals surface area contributed by atoms with Gasteiger partial charge in [0.05, 0.1) is 0 Å². The summed E-state index contributed by atoms with van der Waals surface area (Å²) in [5, 5.41) is 7.55. The molecule has 14 heavy (non-hydrogen) atoms. The Morgan fingerprint density at radius 2 is 2.14 bits per heavy atom. The zero-order chi connectivity index (χ0) is 10.7. The van der Waals surface area contributed by atoms with Crippen LogP contribution in [-0.4, -0.2) is 11.6 Å². The second-order valence-electron chi connectivity index (χ2n) is 3.19. The Labute approximate surface area is 83.4 Å². The monoisotopic (exact) mass is 190 g/mol. The molecule has 3 N–H and O–H groups in total. The first-order valence-electron chi connectivity index (χ1n) is 4.55. The first-order valence-corrected chi connectivity index (χ1v) is 4.55. The third kappa shape index (κ3) is 1.82. The summed E-state index contributed by atoms with van der Waals surface area (Å²) in [7, 11) is 0. The molecular weight excluding hydrogens is 176 g/mol. The number of hydrogen-bond donors (Lipinski definition) is 2. The Hall–Kier alpha value is -1.64. The standard InChI is InChI=1S/C11H14N2O/c1-3-8-7(2)5-4-6-9(8)10(12)11(13)14/h4-6,12H,3H2,1-2H3,(H2,13,14). The maximum absolute atomic E-state index is 10.9. The second kappa shape index (κ2) is 4.05. The Morgan fingerprint density at radius 3 is 2.64 bits per heavy atom. The summed E-state index contributed by atoms with van der Waals surface area (Å²) < 4.78 is 0. The molecule has 1 amide bonds. The zero-order valence-corrected chi connectivity index (χ0v) is 8.42. The fraction of sp³-hybridized carbons (Fsp3) is 0.273. The van der Waals surface area contributed by atoms with Crippen molar-refractivity contribution in [3.05, 3.63) is 34.9 Å². The third-order valence-electron chi connectivity index (χ3n) is 2.28. The molecule has 3 heteroatoms. The molecule has 1 aromatic carbocycles. The highest BCUT2D eigenvalue weighted by Crippen LogP contribution is 2.15. The van der Waals surface area contributed by atoms with E-state index in [9.17, 15) is 4.79 Å². The average Bonchev–Trinajstić information content (AvgIpc) is 2.16. The van der Waals surface area contributed by atoms with Crippen molar-refractivity contribution in [3.63, 3.8) is 0 Å². The zero-order valence-electron chi connectivity index (χ0n) is 8.42. The van der Waals surface area contributed by atoms with E-state index in [1.165, 1.54) is 0 Å². The summed E-state index contributed by atoms with van der Waals surface area (Å²) in [5.74, 6) is -0.676.